The zero-order valence-corrected chi connectivity index (χ0v) is 14.1. The molecule has 0 aliphatic heterocycles. The van der Waals surface area contributed by atoms with Crippen LogP contribution in [-0.4, -0.2) is 17.4 Å². The normalized spacial score (nSPS) is 11.9. The maximum absolute atomic E-state index is 13.7. The van der Waals surface area contributed by atoms with E-state index in [4.69, 9.17) is 10.0 Å². The van der Waals surface area contributed by atoms with E-state index in [9.17, 15) is 26.3 Å². The molecule has 0 spiro atoms. The summed E-state index contributed by atoms with van der Waals surface area (Å²) < 4.78 is 86.9. The predicted molar refractivity (Wildman–Crippen MR) is 89.0 cm³/mol. The van der Waals surface area contributed by atoms with Crippen LogP contribution in [0.15, 0.2) is 38.0 Å². The van der Waals surface area contributed by atoms with E-state index in [-0.39, 0.29) is 0 Å². The zero-order valence-electron chi connectivity index (χ0n) is 14.1. The molecule has 0 radical (unpaired) electrons. The first-order chi connectivity index (χ1) is 12.4. The summed E-state index contributed by atoms with van der Waals surface area (Å²) in [5.41, 5.74) is -5.48. The second-order valence-corrected chi connectivity index (χ2v) is 5.43. The molecule has 1 aromatic rings. The molecule has 0 aliphatic carbocycles. The molecule has 0 heterocycles. The summed E-state index contributed by atoms with van der Waals surface area (Å²) in [6.07, 6.45) is -9.04. The third-order valence-electron chi connectivity index (χ3n) is 3.59. The van der Waals surface area contributed by atoms with Gasteiger partial charge in [0, 0.05) is 11.1 Å². The van der Waals surface area contributed by atoms with Gasteiger partial charge in [-0.1, -0.05) is 18.2 Å². The highest BCUT2D eigenvalue weighted by atomic mass is 19.4. The minimum atomic E-state index is -5.16. The molecular formula is C17H17BF6O3. The molecule has 0 aromatic heterocycles. The van der Waals surface area contributed by atoms with Gasteiger partial charge in [0.25, 0.3) is 0 Å². The fourth-order valence-electron chi connectivity index (χ4n) is 2.86. The first-order valence-corrected chi connectivity index (χ1v) is 7.60. The average molecular weight is 394 g/mol. The molecule has 148 valence electrons. The average Bonchev–Trinajstić information content (AvgIpc) is 2.48. The van der Waals surface area contributed by atoms with Crippen molar-refractivity contribution in [2.24, 2.45) is 0 Å². The van der Waals surface area contributed by atoms with Crippen LogP contribution in [0.3, 0.4) is 0 Å². The van der Waals surface area contributed by atoms with Crippen molar-refractivity contribution in [2.45, 2.75) is 31.6 Å². The lowest BCUT2D eigenvalue weighted by Gasteiger charge is -2.27. The SMILES string of the molecule is C=CCc1c(OB(O)O)c(CC=C)c(C(F)(F)F)c(CC=C)c1C(F)(F)F. The molecule has 0 saturated carbocycles. The van der Waals surface area contributed by atoms with E-state index >= 15 is 0 Å². The highest BCUT2D eigenvalue weighted by Crippen LogP contribution is 2.48. The van der Waals surface area contributed by atoms with Crippen molar-refractivity contribution in [3.05, 3.63) is 65.8 Å². The quantitative estimate of drug-likeness (QED) is 0.394. The maximum atomic E-state index is 13.7. The number of allylic oxidation sites excluding steroid dienone is 3. The Balaban J connectivity index is 4.25. The van der Waals surface area contributed by atoms with Crippen LogP contribution in [0.25, 0.3) is 0 Å². The zero-order chi connectivity index (χ0) is 21.0. The Morgan fingerprint density at radius 3 is 1.33 bits per heavy atom. The van der Waals surface area contributed by atoms with E-state index in [0.717, 1.165) is 18.2 Å². The highest BCUT2D eigenvalue weighted by molar-refractivity contribution is 6.33. The maximum Gasteiger partial charge on any atom is 0.707 e. The molecule has 1 aromatic carbocycles. The molecule has 27 heavy (non-hydrogen) atoms. The van der Waals surface area contributed by atoms with Gasteiger partial charge in [0.15, 0.2) is 0 Å². The molecule has 3 nitrogen and oxygen atoms in total. The number of hydrogen-bond acceptors (Lipinski definition) is 3. The van der Waals surface area contributed by atoms with Gasteiger partial charge in [-0.15, -0.1) is 19.7 Å². The predicted octanol–water partition coefficient (Wildman–Crippen LogP) is 4.26. The third-order valence-corrected chi connectivity index (χ3v) is 3.59. The van der Waals surface area contributed by atoms with Crippen LogP contribution in [-0.2, 0) is 31.6 Å². The fraction of sp³-hybridized carbons (Fsp3) is 0.294. The molecular weight excluding hydrogens is 377 g/mol. The van der Waals surface area contributed by atoms with E-state index < -0.39 is 72.5 Å². The molecule has 0 unspecified atom stereocenters. The summed E-state index contributed by atoms with van der Waals surface area (Å²) in [5, 5.41) is 18.1. The van der Waals surface area contributed by atoms with Crippen LogP contribution in [0.5, 0.6) is 5.75 Å². The number of hydrogen-bond donors (Lipinski definition) is 2. The third kappa shape index (κ3) is 5.17. The van der Waals surface area contributed by atoms with E-state index in [0.29, 0.717) is 0 Å². The topological polar surface area (TPSA) is 49.7 Å². The lowest BCUT2D eigenvalue weighted by atomic mass is 9.85. The standard InChI is InChI=1S/C17H17BF6O3/c1-4-7-10-13(16(19,20)21)11(8-5-2)15(27-18(25)26)12(9-6-3)14(10)17(22,23)24/h4-6,25-26H,1-3,7-9H2. The Labute approximate surface area is 152 Å². The van der Waals surface area contributed by atoms with Crippen LogP contribution in [0, 0.1) is 0 Å². The molecule has 0 aliphatic rings. The van der Waals surface area contributed by atoms with Gasteiger partial charge < -0.3 is 14.7 Å². The van der Waals surface area contributed by atoms with Gasteiger partial charge in [-0.25, -0.2) is 0 Å². The molecule has 0 amide bonds. The minimum absolute atomic E-state index is 0.511. The summed E-state index contributed by atoms with van der Waals surface area (Å²) in [6.45, 7) is 9.86. The second-order valence-electron chi connectivity index (χ2n) is 5.43. The van der Waals surface area contributed by atoms with Crippen LogP contribution in [0.1, 0.15) is 27.8 Å². The lowest BCUT2D eigenvalue weighted by Crippen LogP contribution is -2.27. The van der Waals surface area contributed by atoms with Gasteiger partial charge in [-0.05, 0) is 24.8 Å². The van der Waals surface area contributed by atoms with E-state index in [1.807, 2.05) is 0 Å². The van der Waals surface area contributed by atoms with Crippen LogP contribution in [0.4, 0.5) is 26.3 Å². The second kappa shape index (κ2) is 8.66. The van der Waals surface area contributed by atoms with Crippen molar-refractivity contribution >= 4 is 7.32 Å². The molecule has 0 atom stereocenters. The molecule has 2 N–H and O–H groups in total. The van der Waals surface area contributed by atoms with Gasteiger partial charge in [-0.2, -0.15) is 26.3 Å². The van der Waals surface area contributed by atoms with Crippen LogP contribution >= 0.6 is 0 Å². The van der Waals surface area contributed by atoms with Gasteiger partial charge in [0.2, 0.25) is 0 Å². The summed E-state index contributed by atoms with van der Waals surface area (Å²) in [4.78, 5) is 0. The molecule has 0 fully saturated rings. The Hall–Kier alpha value is -2.20. The van der Waals surface area contributed by atoms with E-state index in [1.165, 1.54) is 0 Å². The summed E-state index contributed by atoms with van der Waals surface area (Å²) in [7, 11) is -2.62. The molecule has 0 saturated heterocycles. The van der Waals surface area contributed by atoms with E-state index in [2.05, 4.69) is 24.4 Å². The summed E-state index contributed by atoms with van der Waals surface area (Å²) in [6, 6.07) is 0. The number of alkyl halides is 6. The number of halogens is 6. The lowest BCUT2D eigenvalue weighted by molar-refractivity contribution is -0.145. The highest BCUT2D eigenvalue weighted by Gasteiger charge is 2.46. The van der Waals surface area contributed by atoms with Crippen LogP contribution < -0.4 is 4.65 Å². The molecule has 10 heteroatoms. The van der Waals surface area contributed by atoms with Gasteiger partial charge >= 0.3 is 19.7 Å². The van der Waals surface area contributed by atoms with Crippen molar-refractivity contribution in [2.75, 3.05) is 0 Å². The smallest absolute Gasteiger partial charge is 0.512 e. The Morgan fingerprint density at radius 2 is 1.07 bits per heavy atom. The fourth-order valence-corrected chi connectivity index (χ4v) is 2.86. The van der Waals surface area contributed by atoms with Crippen molar-refractivity contribution in [1.29, 1.82) is 0 Å². The Kier molecular flexibility index (Phi) is 7.33. The minimum Gasteiger partial charge on any atom is -0.512 e. The van der Waals surface area contributed by atoms with Crippen molar-refractivity contribution < 1.29 is 41.0 Å². The van der Waals surface area contributed by atoms with Crippen LogP contribution in [0.2, 0.25) is 0 Å². The largest absolute Gasteiger partial charge is 0.707 e. The van der Waals surface area contributed by atoms with E-state index in [1.54, 1.807) is 0 Å². The van der Waals surface area contributed by atoms with Gasteiger partial charge in [0.1, 0.15) is 5.75 Å². The Morgan fingerprint density at radius 1 is 0.741 bits per heavy atom. The molecule has 1 rings (SSSR count). The Bertz CT molecular complexity index is 674. The first-order valence-electron chi connectivity index (χ1n) is 7.60. The van der Waals surface area contributed by atoms with Crippen molar-refractivity contribution in [3.63, 3.8) is 0 Å². The van der Waals surface area contributed by atoms with Crippen molar-refractivity contribution in [3.8, 4) is 5.75 Å². The first kappa shape index (κ1) is 22.8. The number of benzene rings is 1. The van der Waals surface area contributed by atoms with Crippen molar-refractivity contribution in [1.82, 2.24) is 0 Å². The van der Waals surface area contributed by atoms with Gasteiger partial charge in [-0.3, -0.25) is 0 Å². The monoisotopic (exact) mass is 394 g/mol. The number of rotatable bonds is 8. The molecule has 0 bridgehead atoms. The summed E-state index contributed by atoms with van der Waals surface area (Å²) >= 11 is 0. The van der Waals surface area contributed by atoms with Gasteiger partial charge in [0.05, 0.1) is 11.1 Å². The summed E-state index contributed by atoms with van der Waals surface area (Å²) in [5.74, 6) is -0.905.